The SMILES string of the molecule is COc1ccc(C(F)(F)F)cc1-c1cc(COCC(=O)O)on1. The second-order valence-corrected chi connectivity index (χ2v) is 4.48. The summed E-state index contributed by atoms with van der Waals surface area (Å²) < 4.78 is 53.2. The van der Waals surface area contributed by atoms with Crippen LogP contribution in [0.2, 0.25) is 0 Å². The van der Waals surface area contributed by atoms with Crippen molar-refractivity contribution in [1.82, 2.24) is 5.16 Å². The second kappa shape index (κ2) is 6.69. The van der Waals surface area contributed by atoms with Crippen molar-refractivity contribution in [3.05, 3.63) is 35.6 Å². The molecule has 0 amide bonds. The molecule has 124 valence electrons. The third-order valence-electron chi connectivity index (χ3n) is 2.83. The summed E-state index contributed by atoms with van der Waals surface area (Å²) in [5.74, 6) is -0.769. The highest BCUT2D eigenvalue weighted by molar-refractivity contribution is 5.68. The third kappa shape index (κ3) is 4.22. The molecule has 6 nitrogen and oxygen atoms in total. The third-order valence-corrected chi connectivity index (χ3v) is 2.83. The van der Waals surface area contributed by atoms with Crippen LogP contribution in [-0.4, -0.2) is 29.9 Å². The Hall–Kier alpha value is -2.55. The summed E-state index contributed by atoms with van der Waals surface area (Å²) in [5.41, 5.74) is -0.614. The number of benzene rings is 1. The molecule has 1 aromatic carbocycles. The molecule has 0 aliphatic carbocycles. The van der Waals surface area contributed by atoms with E-state index in [-0.39, 0.29) is 29.4 Å². The predicted molar refractivity (Wildman–Crippen MR) is 70.8 cm³/mol. The molecule has 0 unspecified atom stereocenters. The molecule has 23 heavy (non-hydrogen) atoms. The normalized spacial score (nSPS) is 11.5. The Morgan fingerprint density at radius 3 is 2.70 bits per heavy atom. The van der Waals surface area contributed by atoms with Crippen LogP contribution in [0.25, 0.3) is 11.3 Å². The molecule has 0 aliphatic rings. The quantitative estimate of drug-likeness (QED) is 0.876. The van der Waals surface area contributed by atoms with Crippen molar-refractivity contribution in [2.75, 3.05) is 13.7 Å². The van der Waals surface area contributed by atoms with Crippen molar-refractivity contribution in [3.8, 4) is 17.0 Å². The molecule has 0 radical (unpaired) electrons. The van der Waals surface area contributed by atoms with Crippen LogP contribution in [0.5, 0.6) is 5.75 Å². The number of alkyl halides is 3. The maximum atomic E-state index is 12.8. The van der Waals surface area contributed by atoms with Gasteiger partial charge in [0.25, 0.3) is 0 Å². The first-order chi connectivity index (χ1) is 10.8. The summed E-state index contributed by atoms with van der Waals surface area (Å²) in [6.07, 6.45) is -4.50. The van der Waals surface area contributed by atoms with E-state index in [1.165, 1.54) is 19.2 Å². The maximum absolute atomic E-state index is 12.8. The molecule has 2 rings (SSSR count). The minimum absolute atomic E-state index is 0.107. The topological polar surface area (TPSA) is 81.8 Å². The predicted octanol–water partition coefficient (Wildman–Crippen LogP) is 2.97. The van der Waals surface area contributed by atoms with Gasteiger partial charge in [0.2, 0.25) is 0 Å². The van der Waals surface area contributed by atoms with Gasteiger partial charge in [0.1, 0.15) is 24.7 Å². The summed E-state index contributed by atoms with van der Waals surface area (Å²) in [4.78, 5) is 10.3. The number of nitrogens with zero attached hydrogens (tertiary/aromatic N) is 1. The smallest absolute Gasteiger partial charge is 0.416 e. The zero-order valence-electron chi connectivity index (χ0n) is 11.9. The van der Waals surface area contributed by atoms with Gasteiger partial charge < -0.3 is 19.1 Å². The first-order valence-corrected chi connectivity index (χ1v) is 6.32. The fraction of sp³-hybridized carbons (Fsp3) is 0.286. The number of aromatic nitrogens is 1. The molecule has 0 saturated heterocycles. The minimum atomic E-state index is -4.50. The fourth-order valence-corrected chi connectivity index (χ4v) is 1.83. The van der Waals surface area contributed by atoms with Gasteiger partial charge in [-0.25, -0.2) is 4.79 Å². The van der Waals surface area contributed by atoms with E-state index < -0.39 is 24.3 Å². The Morgan fingerprint density at radius 2 is 2.09 bits per heavy atom. The van der Waals surface area contributed by atoms with Crippen molar-refractivity contribution in [1.29, 1.82) is 0 Å². The Morgan fingerprint density at radius 1 is 1.35 bits per heavy atom. The van der Waals surface area contributed by atoms with E-state index in [0.717, 1.165) is 12.1 Å². The number of rotatable bonds is 6. The lowest BCUT2D eigenvalue weighted by atomic mass is 10.1. The van der Waals surface area contributed by atoms with Gasteiger partial charge in [0.15, 0.2) is 5.76 Å². The molecule has 1 heterocycles. The Kier molecular flexibility index (Phi) is 4.89. The summed E-state index contributed by atoms with van der Waals surface area (Å²) in [7, 11) is 1.32. The van der Waals surface area contributed by atoms with Gasteiger partial charge in [-0.15, -0.1) is 0 Å². The van der Waals surface area contributed by atoms with E-state index in [1.54, 1.807) is 0 Å². The molecular weight excluding hydrogens is 319 g/mol. The number of hydrogen-bond acceptors (Lipinski definition) is 5. The van der Waals surface area contributed by atoms with E-state index in [4.69, 9.17) is 19.1 Å². The zero-order chi connectivity index (χ0) is 17.0. The number of carboxylic acids is 1. The fourth-order valence-electron chi connectivity index (χ4n) is 1.83. The number of carboxylic acid groups (broad SMARTS) is 1. The first kappa shape index (κ1) is 16.8. The molecule has 0 spiro atoms. The zero-order valence-corrected chi connectivity index (χ0v) is 11.9. The van der Waals surface area contributed by atoms with E-state index in [9.17, 15) is 18.0 Å². The van der Waals surface area contributed by atoms with Gasteiger partial charge in [0, 0.05) is 11.6 Å². The van der Waals surface area contributed by atoms with Gasteiger partial charge in [-0.1, -0.05) is 5.16 Å². The van der Waals surface area contributed by atoms with Crippen LogP contribution in [0, 0.1) is 0 Å². The summed E-state index contributed by atoms with van der Waals surface area (Å²) >= 11 is 0. The molecule has 0 saturated carbocycles. The van der Waals surface area contributed by atoms with Crippen LogP contribution in [0.3, 0.4) is 0 Å². The number of carbonyl (C=O) groups is 1. The average Bonchev–Trinajstić information content (AvgIpc) is 2.94. The van der Waals surface area contributed by atoms with Crippen LogP contribution in [0.4, 0.5) is 13.2 Å². The van der Waals surface area contributed by atoms with E-state index in [2.05, 4.69) is 5.16 Å². The van der Waals surface area contributed by atoms with Crippen molar-refractivity contribution < 1.29 is 37.1 Å². The van der Waals surface area contributed by atoms with Crippen molar-refractivity contribution >= 4 is 5.97 Å². The van der Waals surface area contributed by atoms with Crippen LogP contribution in [0.15, 0.2) is 28.8 Å². The van der Waals surface area contributed by atoms with E-state index in [1.807, 2.05) is 0 Å². The maximum Gasteiger partial charge on any atom is 0.416 e. The van der Waals surface area contributed by atoms with Crippen LogP contribution in [0.1, 0.15) is 11.3 Å². The lowest BCUT2D eigenvalue weighted by Crippen LogP contribution is -2.06. The van der Waals surface area contributed by atoms with Gasteiger partial charge in [-0.3, -0.25) is 0 Å². The van der Waals surface area contributed by atoms with Crippen molar-refractivity contribution in [2.24, 2.45) is 0 Å². The van der Waals surface area contributed by atoms with Gasteiger partial charge in [0.05, 0.1) is 12.7 Å². The van der Waals surface area contributed by atoms with Crippen LogP contribution >= 0.6 is 0 Å². The number of hydrogen-bond donors (Lipinski definition) is 1. The van der Waals surface area contributed by atoms with Gasteiger partial charge in [-0.05, 0) is 18.2 Å². The molecule has 0 bridgehead atoms. The molecular formula is C14H12F3NO5. The molecule has 2 aromatic rings. The van der Waals surface area contributed by atoms with Crippen LogP contribution in [-0.2, 0) is 22.3 Å². The molecule has 0 aliphatic heterocycles. The molecule has 1 N–H and O–H groups in total. The minimum Gasteiger partial charge on any atom is -0.496 e. The summed E-state index contributed by atoms with van der Waals surface area (Å²) in [6.45, 7) is -0.691. The van der Waals surface area contributed by atoms with Crippen molar-refractivity contribution in [3.63, 3.8) is 0 Å². The van der Waals surface area contributed by atoms with E-state index in [0.29, 0.717) is 0 Å². The Balaban J connectivity index is 2.26. The van der Waals surface area contributed by atoms with Crippen molar-refractivity contribution in [2.45, 2.75) is 12.8 Å². The highest BCUT2D eigenvalue weighted by atomic mass is 19.4. The van der Waals surface area contributed by atoms with E-state index >= 15 is 0 Å². The average molecular weight is 331 g/mol. The molecule has 1 aromatic heterocycles. The monoisotopic (exact) mass is 331 g/mol. The number of halogens is 3. The molecule has 9 heteroatoms. The second-order valence-electron chi connectivity index (χ2n) is 4.48. The highest BCUT2D eigenvalue weighted by Crippen LogP contribution is 2.36. The summed E-state index contributed by atoms with van der Waals surface area (Å²) in [5, 5.41) is 12.1. The first-order valence-electron chi connectivity index (χ1n) is 6.32. The molecule has 0 fully saturated rings. The van der Waals surface area contributed by atoms with Gasteiger partial charge >= 0.3 is 12.1 Å². The number of ether oxygens (including phenoxy) is 2. The Labute approximate surface area is 128 Å². The number of aliphatic carboxylic acids is 1. The lowest BCUT2D eigenvalue weighted by molar-refractivity contribution is -0.143. The standard InChI is InChI=1S/C14H12F3NO5/c1-21-12-3-2-8(14(15,16)17)4-10(12)11-5-9(23-18-11)6-22-7-13(19)20/h2-5H,6-7H2,1H3,(H,19,20). The lowest BCUT2D eigenvalue weighted by Gasteiger charge is -2.11. The summed E-state index contributed by atoms with van der Waals surface area (Å²) in [6, 6.07) is 4.35. The number of methoxy groups -OCH3 is 1. The highest BCUT2D eigenvalue weighted by Gasteiger charge is 2.31. The Bertz CT molecular complexity index is 696. The van der Waals surface area contributed by atoms with Crippen LogP contribution < -0.4 is 4.74 Å². The van der Waals surface area contributed by atoms with Gasteiger partial charge in [-0.2, -0.15) is 13.2 Å². The molecule has 0 atom stereocenters. The largest absolute Gasteiger partial charge is 0.496 e.